The molecule has 2 aromatic carbocycles. The fourth-order valence-corrected chi connectivity index (χ4v) is 3.78. The first-order valence-corrected chi connectivity index (χ1v) is 9.83. The van der Waals surface area contributed by atoms with Gasteiger partial charge in [-0.1, -0.05) is 42.0 Å². The number of nitrogens with one attached hydrogen (secondary N) is 1. The van der Waals surface area contributed by atoms with Crippen LogP contribution in [0.3, 0.4) is 0 Å². The molecule has 5 rings (SSSR count). The summed E-state index contributed by atoms with van der Waals surface area (Å²) < 4.78 is 6.99. The van der Waals surface area contributed by atoms with Crippen molar-refractivity contribution >= 4 is 28.0 Å². The van der Waals surface area contributed by atoms with Crippen molar-refractivity contribution in [1.82, 2.24) is 14.9 Å². The third-order valence-electron chi connectivity index (χ3n) is 5.51. The molecule has 1 aliphatic carbocycles. The van der Waals surface area contributed by atoms with E-state index in [1.807, 2.05) is 25.1 Å². The van der Waals surface area contributed by atoms with Crippen LogP contribution >= 0.6 is 0 Å². The number of carbonyl (C=O) groups is 1. The van der Waals surface area contributed by atoms with Crippen LogP contribution in [0.4, 0.5) is 0 Å². The Kier molecular flexibility index (Phi) is 4.19. The van der Waals surface area contributed by atoms with Gasteiger partial charge in [0.05, 0.1) is 12.4 Å². The molecule has 2 heterocycles. The van der Waals surface area contributed by atoms with Gasteiger partial charge in [0.15, 0.2) is 0 Å². The number of fused-ring (bicyclic) bond motifs is 3. The molecule has 1 saturated carbocycles. The van der Waals surface area contributed by atoms with Crippen LogP contribution in [-0.4, -0.2) is 15.5 Å². The van der Waals surface area contributed by atoms with Crippen LogP contribution in [0.2, 0.25) is 0 Å². The summed E-state index contributed by atoms with van der Waals surface area (Å²) in [6, 6.07) is 15.6. The molecule has 29 heavy (non-hydrogen) atoms. The molecule has 4 aromatic rings. The minimum absolute atomic E-state index is 0.0262. The number of aromatic nitrogens is 2. The summed E-state index contributed by atoms with van der Waals surface area (Å²) in [6.45, 7) is 1.95. The molecule has 0 aliphatic heterocycles. The molecule has 0 bridgehead atoms. The highest BCUT2D eigenvalue weighted by molar-refractivity contribution is 6.01. The quantitative estimate of drug-likeness (QED) is 0.566. The van der Waals surface area contributed by atoms with Gasteiger partial charge < -0.3 is 9.73 Å². The van der Waals surface area contributed by atoms with Crippen molar-refractivity contribution in [2.24, 2.45) is 5.92 Å². The average Bonchev–Trinajstić information content (AvgIpc) is 3.49. The van der Waals surface area contributed by atoms with E-state index in [1.54, 1.807) is 6.07 Å². The van der Waals surface area contributed by atoms with E-state index in [4.69, 9.17) is 4.42 Å². The largest absolute Gasteiger partial charge is 0.448 e. The third kappa shape index (κ3) is 3.31. The molecule has 1 fully saturated rings. The minimum Gasteiger partial charge on any atom is -0.448 e. The molecule has 2 aromatic heterocycles. The lowest BCUT2D eigenvalue weighted by Gasteiger charge is -2.19. The molecule has 1 N–H and O–H groups in total. The fraction of sp³-hybridized carbons (Fsp3) is 0.261. The van der Waals surface area contributed by atoms with Crippen molar-refractivity contribution in [1.29, 1.82) is 0 Å². The second kappa shape index (κ2) is 6.88. The van der Waals surface area contributed by atoms with Crippen LogP contribution in [0.25, 0.3) is 22.1 Å². The summed E-state index contributed by atoms with van der Waals surface area (Å²) >= 11 is 0. The number of rotatable bonds is 5. The van der Waals surface area contributed by atoms with Gasteiger partial charge in [0.2, 0.25) is 11.5 Å². The molecule has 1 amide bonds. The normalized spacial score (nSPS) is 14.9. The second-order valence-corrected chi connectivity index (χ2v) is 7.75. The summed E-state index contributed by atoms with van der Waals surface area (Å²) in [6.07, 6.45) is 3.63. The zero-order chi connectivity index (χ0) is 20.0. The predicted molar refractivity (Wildman–Crippen MR) is 111 cm³/mol. The average molecular weight is 387 g/mol. The Morgan fingerprint density at radius 1 is 1.21 bits per heavy atom. The highest BCUT2D eigenvalue weighted by atomic mass is 16.3. The molecule has 1 atom stereocenters. The molecule has 1 aliphatic rings. The van der Waals surface area contributed by atoms with E-state index < -0.39 is 0 Å². The lowest BCUT2D eigenvalue weighted by Crippen LogP contribution is -2.35. The van der Waals surface area contributed by atoms with Crippen molar-refractivity contribution in [2.45, 2.75) is 32.4 Å². The molecule has 6 nitrogen and oxygen atoms in total. The van der Waals surface area contributed by atoms with E-state index in [0.717, 1.165) is 23.8 Å². The van der Waals surface area contributed by atoms with Crippen LogP contribution < -0.4 is 10.9 Å². The van der Waals surface area contributed by atoms with Crippen molar-refractivity contribution in [2.75, 3.05) is 0 Å². The number of furan rings is 1. The smallest absolute Gasteiger partial charge is 0.297 e. The predicted octanol–water partition coefficient (Wildman–Crippen LogP) is 3.72. The first kappa shape index (κ1) is 17.7. The lowest BCUT2D eigenvalue weighted by molar-refractivity contribution is -0.122. The molecule has 0 radical (unpaired) electrons. The Morgan fingerprint density at radius 3 is 2.72 bits per heavy atom. The second-order valence-electron chi connectivity index (χ2n) is 7.75. The number of nitrogens with zero attached hydrogens (tertiary/aromatic N) is 2. The SMILES string of the molecule is Cc1ccc(C(NC(=O)Cn2cnc3c(oc4ccccc43)c2=O)C2CC2)cc1. The van der Waals surface area contributed by atoms with Crippen LogP contribution in [0.5, 0.6) is 0 Å². The van der Waals surface area contributed by atoms with Gasteiger partial charge in [-0.2, -0.15) is 0 Å². The molecule has 0 saturated heterocycles. The van der Waals surface area contributed by atoms with E-state index in [9.17, 15) is 9.59 Å². The number of benzene rings is 2. The van der Waals surface area contributed by atoms with Crippen molar-refractivity contribution in [3.8, 4) is 0 Å². The van der Waals surface area contributed by atoms with Gasteiger partial charge in [0.25, 0.3) is 5.56 Å². The highest BCUT2D eigenvalue weighted by Crippen LogP contribution is 2.41. The summed E-state index contributed by atoms with van der Waals surface area (Å²) in [5, 5.41) is 3.90. The Morgan fingerprint density at radius 2 is 1.97 bits per heavy atom. The Bertz CT molecular complexity index is 1270. The van der Waals surface area contributed by atoms with Crippen molar-refractivity contribution in [3.05, 3.63) is 76.3 Å². The minimum atomic E-state index is -0.348. The maximum absolute atomic E-state index is 12.8. The first-order chi connectivity index (χ1) is 14.1. The van der Waals surface area contributed by atoms with Gasteiger partial charge >= 0.3 is 0 Å². The van der Waals surface area contributed by atoms with E-state index >= 15 is 0 Å². The van der Waals surface area contributed by atoms with Gasteiger partial charge in [0, 0.05) is 5.39 Å². The Hall–Kier alpha value is -3.41. The topological polar surface area (TPSA) is 77.1 Å². The van der Waals surface area contributed by atoms with Crippen LogP contribution in [-0.2, 0) is 11.3 Å². The zero-order valence-electron chi connectivity index (χ0n) is 16.1. The molecule has 0 spiro atoms. The summed E-state index contributed by atoms with van der Waals surface area (Å²) in [7, 11) is 0. The van der Waals surface area contributed by atoms with Crippen LogP contribution in [0, 0.1) is 12.8 Å². The van der Waals surface area contributed by atoms with Crippen LogP contribution in [0.15, 0.2) is 64.1 Å². The zero-order valence-corrected chi connectivity index (χ0v) is 16.1. The standard InChI is InChI=1S/C23H21N3O3/c1-14-6-8-15(9-7-14)20(16-10-11-16)25-19(27)12-26-13-24-21-17-4-2-3-5-18(17)29-22(21)23(26)28/h2-9,13,16,20H,10-12H2,1H3,(H,25,27). The maximum atomic E-state index is 12.8. The summed E-state index contributed by atoms with van der Waals surface area (Å²) in [5.41, 5.74) is 3.26. The summed E-state index contributed by atoms with van der Waals surface area (Å²) in [5.74, 6) is 0.246. The van der Waals surface area contributed by atoms with E-state index in [-0.39, 0.29) is 29.6 Å². The monoisotopic (exact) mass is 387 g/mol. The lowest BCUT2D eigenvalue weighted by atomic mass is 10.0. The molecule has 1 unspecified atom stereocenters. The summed E-state index contributed by atoms with van der Waals surface area (Å²) in [4.78, 5) is 29.9. The molecule has 146 valence electrons. The number of carbonyl (C=O) groups excluding carboxylic acids is 1. The van der Waals surface area contributed by atoms with Crippen LogP contribution in [0.1, 0.15) is 30.0 Å². The number of hydrogen-bond donors (Lipinski definition) is 1. The Labute approximate surface area is 167 Å². The van der Waals surface area contributed by atoms with E-state index in [2.05, 4.69) is 34.6 Å². The van der Waals surface area contributed by atoms with Crippen molar-refractivity contribution < 1.29 is 9.21 Å². The van der Waals surface area contributed by atoms with Gasteiger partial charge in [-0.05, 0) is 43.4 Å². The molecular weight excluding hydrogens is 366 g/mol. The molecule has 6 heteroatoms. The maximum Gasteiger partial charge on any atom is 0.297 e. The van der Waals surface area contributed by atoms with E-state index in [1.165, 1.54) is 16.5 Å². The number of amides is 1. The number of hydrogen-bond acceptors (Lipinski definition) is 4. The third-order valence-corrected chi connectivity index (χ3v) is 5.51. The first-order valence-electron chi connectivity index (χ1n) is 9.83. The fourth-order valence-electron chi connectivity index (χ4n) is 3.78. The number of para-hydroxylation sites is 1. The Balaban J connectivity index is 1.40. The van der Waals surface area contributed by atoms with E-state index in [0.29, 0.717) is 17.0 Å². The molecular formula is C23H21N3O3. The van der Waals surface area contributed by atoms with Gasteiger partial charge in [-0.15, -0.1) is 0 Å². The number of aryl methyl sites for hydroxylation is 1. The van der Waals surface area contributed by atoms with Gasteiger partial charge in [-0.3, -0.25) is 14.2 Å². The van der Waals surface area contributed by atoms with Crippen molar-refractivity contribution in [3.63, 3.8) is 0 Å². The van der Waals surface area contributed by atoms with Gasteiger partial charge in [-0.25, -0.2) is 4.98 Å². The highest BCUT2D eigenvalue weighted by Gasteiger charge is 2.33. The van der Waals surface area contributed by atoms with Gasteiger partial charge in [0.1, 0.15) is 17.6 Å².